The van der Waals surface area contributed by atoms with Gasteiger partial charge in [0.1, 0.15) is 11.9 Å². The van der Waals surface area contributed by atoms with Crippen LogP contribution in [-0.4, -0.2) is 21.1 Å². The number of anilines is 3. The molecule has 0 aliphatic carbocycles. The summed E-state index contributed by atoms with van der Waals surface area (Å²) in [6, 6.07) is 7.79. The number of nitro groups is 1. The summed E-state index contributed by atoms with van der Waals surface area (Å²) in [6.07, 6.45) is 1.44. The van der Waals surface area contributed by atoms with Gasteiger partial charge in [-0.15, -0.1) is 0 Å². The summed E-state index contributed by atoms with van der Waals surface area (Å²) in [7, 11) is 0. The Labute approximate surface area is 113 Å². The highest BCUT2D eigenvalue weighted by Crippen LogP contribution is 2.26. The van der Waals surface area contributed by atoms with Crippen LogP contribution in [0.5, 0.6) is 0 Å². The molecule has 0 radical (unpaired) electrons. The lowest BCUT2D eigenvalue weighted by molar-refractivity contribution is -0.384. The van der Waals surface area contributed by atoms with Crippen LogP contribution in [0.4, 0.5) is 27.5 Å². The molecule has 8 heteroatoms. The highest BCUT2D eigenvalue weighted by atomic mass is 16.6. The Kier molecular flexibility index (Phi) is 3.75. The largest absolute Gasteiger partial charge is 0.465 e. The van der Waals surface area contributed by atoms with Crippen molar-refractivity contribution in [3.63, 3.8) is 0 Å². The summed E-state index contributed by atoms with van der Waals surface area (Å²) < 4.78 is 0. The molecule has 0 bridgehead atoms. The maximum atomic E-state index is 10.8. The molecule has 2 rings (SSSR count). The molecule has 20 heavy (non-hydrogen) atoms. The molecule has 0 spiro atoms. The molecule has 0 aliphatic rings. The SMILES string of the molecule is O=C(O)Nc1ccc(Nc2ccncc2[N+](=O)[O-])cc1. The Morgan fingerprint density at radius 1 is 1.20 bits per heavy atom. The van der Waals surface area contributed by atoms with Gasteiger partial charge in [0.25, 0.3) is 0 Å². The minimum absolute atomic E-state index is 0.139. The van der Waals surface area contributed by atoms with Crippen molar-refractivity contribution in [3.8, 4) is 0 Å². The molecular formula is C12H10N4O4. The maximum Gasteiger partial charge on any atom is 0.409 e. The molecule has 0 atom stereocenters. The molecule has 102 valence electrons. The van der Waals surface area contributed by atoms with Crippen molar-refractivity contribution in [1.29, 1.82) is 0 Å². The van der Waals surface area contributed by atoms with Crippen molar-refractivity contribution < 1.29 is 14.8 Å². The smallest absolute Gasteiger partial charge is 0.409 e. The first-order valence-electron chi connectivity index (χ1n) is 5.51. The Balaban J connectivity index is 2.18. The fourth-order valence-electron chi connectivity index (χ4n) is 1.55. The number of carbonyl (C=O) groups is 1. The van der Waals surface area contributed by atoms with E-state index in [0.717, 1.165) is 6.20 Å². The van der Waals surface area contributed by atoms with Crippen molar-refractivity contribution >= 4 is 28.8 Å². The number of aromatic nitrogens is 1. The monoisotopic (exact) mass is 274 g/mol. The second-order valence-electron chi connectivity index (χ2n) is 3.78. The number of nitrogens with zero attached hydrogens (tertiary/aromatic N) is 2. The van der Waals surface area contributed by atoms with E-state index < -0.39 is 11.0 Å². The summed E-state index contributed by atoms with van der Waals surface area (Å²) in [4.78, 5) is 24.5. The molecule has 2 aromatic rings. The van der Waals surface area contributed by atoms with Crippen LogP contribution in [0.15, 0.2) is 42.7 Å². The maximum absolute atomic E-state index is 10.8. The van der Waals surface area contributed by atoms with E-state index >= 15 is 0 Å². The first kappa shape index (κ1) is 13.3. The zero-order chi connectivity index (χ0) is 14.5. The van der Waals surface area contributed by atoms with Gasteiger partial charge in [0, 0.05) is 17.6 Å². The molecule has 0 fully saturated rings. The third-order valence-corrected chi connectivity index (χ3v) is 2.41. The van der Waals surface area contributed by atoms with E-state index in [2.05, 4.69) is 15.6 Å². The average molecular weight is 274 g/mol. The first-order valence-corrected chi connectivity index (χ1v) is 5.51. The Morgan fingerprint density at radius 2 is 1.85 bits per heavy atom. The lowest BCUT2D eigenvalue weighted by Crippen LogP contribution is -2.06. The molecule has 1 amide bonds. The zero-order valence-corrected chi connectivity index (χ0v) is 10.1. The van der Waals surface area contributed by atoms with E-state index in [1.165, 1.54) is 12.3 Å². The molecule has 8 nitrogen and oxygen atoms in total. The van der Waals surface area contributed by atoms with Crippen LogP contribution in [0.1, 0.15) is 0 Å². The number of benzene rings is 1. The van der Waals surface area contributed by atoms with E-state index in [0.29, 0.717) is 17.1 Å². The zero-order valence-electron chi connectivity index (χ0n) is 10.1. The van der Waals surface area contributed by atoms with Gasteiger partial charge < -0.3 is 10.4 Å². The summed E-state index contributed by atoms with van der Waals surface area (Å²) in [5.41, 5.74) is 1.17. The lowest BCUT2D eigenvalue weighted by Gasteiger charge is -2.07. The van der Waals surface area contributed by atoms with Crippen molar-refractivity contribution in [1.82, 2.24) is 4.98 Å². The normalized spacial score (nSPS) is 9.80. The van der Waals surface area contributed by atoms with Crippen molar-refractivity contribution in [2.24, 2.45) is 0 Å². The summed E-state index contributed by atoms with van der Waals surface area (Å²) >= 11 is 0. The Morgan fingerprint density at radius 3 is 2.45 bits per heavy atom. The van der Waals surface area contributed by atoms with Crippen LogP contribution in [0.25, 0.3) is 0 Å². The standard InChI is InChI=1S/C12H10N4O4/c17-12(18)15-9-3-1-8(2-4-9)14-10-5-6-13-7-11(10)16(19)20/h1-7,15H,(H,13,14)(H,17,18). The number of hydrogen-bond donors (Lipinski definition) is 3. The molecule has 0 unspecified atom stereocenters. The van der Waals surface area contributed by atoms with E-state index in [1.807, 2.05) is 0 Å². The van der Waals surface area contributed by atoms with E-state index in [4.69, 9.17) is 5.11 Å². The summed E-state index contributed by atoms with van der Waals surface area (Å²) in [5, 5.41) is 24.5. The van der Waals surface area contributed by atoms with Gasteiger partial charge in [-0.25, -0.2) is 4.79 Å². The van der Waals surface area contributed by atoms with E-state index in [1.54, 1.807) is 24.3 Å². The van der Waals surface area contributed by atoms with Gasteiger partial charge >= 0.3 is 11.8 Å². The first-order chi connectivity index (χ1) is 9.56. The Bertz CT molecular complexity index is 642. The number of carboxylic acid groups (broad SMARTS) is 1. The molecule has 1 aromatic carbocycles. The van der Waals surface area contributed by atoms with Crippen LogP contribution < -0.4 is 10.6 Å². The van der Waals surface area contributed by atoms with Crippen molar-refractivity contribution in [2.75, 3.05) is 10.6 Å². The highest BCUT2D eigenvalue weighted by molar-refractivity contribution is 5.83. The summed E-state index contributed by atoms with van der Waals surface area (Å²) in [5.74, 6) is 0. The molecule has 0 saturated heterocycles. The fourth-order valence-corrected chi connectivity index (χ4v) is 1.55. The fraction of sp³-hybridized carbons (Fsp3) is 0. The molecule has 1 aromatic heterocycles. The molecule has 0 saturated carbocycles. The van der Waals surface area contributed by atoms with Crippen LogP contribution in [-0.2, 0) is 0 Å². The number of hydrogen-bond acceptors (Lipinski definition) is 5. The highest BCUT2D eigenvalue weighted by Gasteiger charge is 2.13. The van der Waals surface area contributed by atoms with Gasteiger partial charge in [-0.2, -0.15) is 0 Å². The lowest BCUT2D eigenvalue weighted by atomic mass is 10.2. The van der Waals surface area contributed by atoms with E-state index in [-0.39, 0.29) is 5.69 Å². The number of nitrogens with one attached hydrogen (secondary N) is 2. The van der Waals surface area contributed by atoms with Gasteiger partial charge in [-0.05, 0) is 30.3 Å². The molecular weight excluding hydrogens is 264 g/mol. The van der Waals surface area contributed by atoms with Crippen LogP contribution in [0.2, 0.25) is 0 Å². The van der Waals surface area contributed by atoms with Crippen molar-refractivity contribution in [3.05, 3.63) is 52.8 Å². The van der Waals surface area contributed by atoms with Gasteiger partial charge in [-0.1, -0.05) is 0 Å². The Hall–Kier alpha value is -3.16. The molecule has 0 aliphatic heterocycles. The topological polar surface area (TPSA) is 117 Å². The predicted octanol–water partition coefficient (Wildman–Crippen LogP) is 2.82. The third-order valence-electron chi connectivity index (χ3n) is 2.41. The van der Waals surface area contributed by atoms with Gasteiger partial charge in [-0.3, -0.25) is 20.4 Å². The quantitative estimate of drug-likeness (QED) is 0.582. The third kappa shape index (κ3) is 3.19. The van der Waals surface area contributed by atoms with Gasteiger partial charge in [0.15, 0.2) is 0 Å². The second-order valence-corrected chi connectivity index (χ2v) is 3.78. The summed E-state index contributed by atoms with van der Waals surface area (Å²) in [6.45, 7) is 0. The minimum Gasteiger partial charge on any atom is -0.465 e. The average Bonchev–Trinajstić information content (AvgIpc) is 2.41. The minimum atomic E-state index is -1.16. The van der Waals surface area contributed by atoms with Gasteiger partial charge in [0.2, 0.25) is 0 Å². The van der Waals surface area contributed by atoms with Crippen LogP contribution >= 0.6 is 0 Å². The molecule has 3 N–H and O–H groups in total. The van der Waals surface area contributed by atoms with Crippen LogP contribution in [0.3, 0.4) is 0 Å². The number of amides is 1. The predicted molar refractivity (Wildman–Crippen MR) is 72.3 cm³/mol. The van der Waals surface area contributed by atoms with Crippen molar-refractivity contribution in [2.45, 2.75) is 0 Å². The van der Waals surface area contributed by atoms with Crippen LogP contribution in [0, 0.1) is 10.1 Å². The molecule has 1 heterocycles. The number of rotatable bonds is 4. The number of pyridine rings is 1. The van der Waals surface area contributed by atoms with E-state index in [9.17, 15) is 14.9 Å². The second kappa shape index (κ2) is 5.65. The van der Waals surface area contributed by atoms with Gasteiger partial charge in [0.05, 0.1) is 4.92 Å².